The Labute approximate surface area is 261 Å². The molecule has 0 aliphatic carbocycles. The lowest BCUT2D eigenvalue weighted by molar-refractivity contribution is -0.154. The van der Waals surface area contributed by atoms with Crippen LogP contribution in [-0.2, 0) is 42.7 Å². The Morgan fingerprint density at radius 2 is 0.860 bits per heavy atom. The maximum absolute atomic E-state index is 11.9. The molecule has 0 unspecified atom stereocenters. The molecular weight excluding hydrogens is 556 g/mol. The molecule has 1 amide bonds. The molecule has 0 saturated heterocycles. The van der Waals surface area contributed by atoms with Gasteiger partial charge in [-0.25, -0.2) is 0 Å². The number of ether oxygens (including phenoxy) is 7. The van der Waals surface area contributed by atoms with Crippen molar-refractivity contribution in [3.8, 4) is 0 Å². The van der Waals surface area contributed by atoms with Crippen LogP contribution in [-0.4, -0.2) is 110 Å². The lowest BCUT2D eigenvalue weighted by atomic mass is 10.0. The number of amides is 1. The number of unbranched alkanes of at least 4 members (excludes halogenated alkanes) is 9. The van der Waals surface area contributed by atoms with E-state index in [9.17, 15) is 9.59 Å². The molecule has 3 N–H and O–H groups in total. The first kappa shape index (κ1) is 41.7. The Kier molecular flexibility index (Phi) is 31.1. The van der Waals surface area contributed by atoms with Crippen molar-refractivity contribution in [2.45, 2.75) is 103 Å². The van der Waals surface area contributed by atoms with Crippen molar-refractivity contribution in [2.75, 3.05) is 92.4 Å². The molecule has 256 valence electrons. The van der Waals surface area contributed by atoms with Gasteiger partial charge in [0.25, 0.3) is 0 Å². The molecule has 0 saturated carbocycles. The summed E-state index contributed by atoms with van der Waals surface area (Å²) in [6, 6.07) is 0. The fourth-order valence-electron chi connectivity index (χ4n) is 4.00. The second-order valence-electron chi connectivity index (χ2n) is 11.4. The number of carbonyl (C=O) groups excluding carboxylic acids is 2. The van der Waals surface area contributed by atoms with E-state index < -0.39 is 0 Å². The Bertz CT molecular complexity index is 618. The van der Waals surface area contributed by atoms with Crippen LogP contribution in [0.4, 0.5) is 0 Å². The minimum Gasteiger partial charge on any atom is -0.460 e. The highest BCUT2D eigenvalue weighted by atomic mass is 16.6. The number of esters is 1. The van der Waals surface area contributed by atoms with E-state index in [4.69, 9.17) is 38.9 Å². The second kappa shape index (κ2) is 32.1. The number of nitrogens with two attached hydrogens (primary N) is 1. The third kappa shape index (κ3) is 36.8. The normalized spacial score (nSPS) is 11.6. The van der Waals surface area contributed by atoms with Gasteiger partial charge in [0.1, 0.15) is 5.60 Å². The minimum absolute atomic E-state index is 0.0902. The molecule has 0 aromatic rings. The number of nitrogens with one attached hydrogen (secondary N) is 1. The van der Waals surface area contributed by atoms with Crippen LogP contribution in [0.15, 0.2) is 0 Å². The molecule has 43 heavy (non-hydrogen) atoms. The summed E-state index contributed by atoms with van der Waals surface area (Å²) in [5.41, 5.74) is 4.94. The molecule has 0 aliphatic heterocycles. The zero-order valence-electron chi connectivity index (χ0n) is 27.6. The molecular formula is C32H64N2O9. The molecule has 0 atom stereocenters. The molecule has 11 nitrogen and oxygen atoms in total. The van der Waals surface area contributed by atoms with Crippen LogP contribution in [0.25, 0.3) is 0 Å². The summed E-state index contributed by atoms with van der Waals surface area (Å²) < 4.78 is 37.7. The summed E-state index contributed by atoms with van der Waals surface area (Å²) in [5, 5.41) is 2.91. The molecule has 0 fully saturated rings. The molecule has 0 aliphatic rings. The Balaban J connectivity index is 3.21. The van der Waals surface area contributed by atoms with Gasteiger partial charge in [0, 0.05) is 25.9 Å². The average Bonchev–Trinajstić information content (AvgIpc) is 2.95. The Morgan fingerprint density at radius 3 is 1.26 bits per heavy atom. The number of hydrogen-bond donors (Lipinski definition) is 2. The van der Waals surface area contributed by atoms with Gasteiger partial charge in [0.15, 0.2) is 0 Å². The lowest BCUT2D eigenvalue weighted by Crippen LogP contribution is -2.27. The van der Waals surface area contributed by atoms with E-state index >= 15 is 0 Å². The second-order valence-corrected chi connectivity index (χ2v) is 11.4. The molecule has 0 spiro atoms. The third-order valence-corrected chi connectivity index (χ3v) is 6.15. The first-order valence-electron chi connectivity index (χ1n) is 16.5. The fraction of sp³-hybridized carbons (Fsp3) is 0.938. The van der Waals surface area contributed by atoms with E-state index in [-0.39, 0.29) is 17.5 Å². The highest BCUT2D eigenvalue weighted by molar-refractivity contribution is 5.75. The number of rotatable bonds is 33. The van der Waals surface area contributed by atoms with Crippen LogP contribution < -0.4 is 11.1 Å². The van der Waals surface area contributed by atoms with Gasteiger partial charge < -0.3 is 44.2 Å². The third-order valence-electron chi connectivity index (χ3n) is 6.15. The lowest BCUT2D eigenvalue weighted by Gasteiger charge is -2.19. The van der Waals surface area contributed by atoms with Gasteiger partial charge in [-0.1, -0.05) is 51.4 Å². The van der Waals surface area contributed by atoms with Crippen LogP contribution in [0.2, 0.25) is 0 Å². The quantitative estimate of drug-likeness (QED) is 0.0812. The van der Waals surface area contributed by atoms with Gasteiger partial charge in [0.05, 0.1) is 79.3 Å². The van der Waals surface area contributed by atoms with Crippen molar-refractivity contribution in [2.24, 2.45) is 5.73 Å². The van der Waals surface area contributed by atoms with Crippen LogP contribution in [0, 0.1) is 0 Å². The van der Waals surface area contributed by atoms with Crippen LogP contribution in [0.5, 0.6) is 0 Å². The van der Waals surface area contributed by atoms with Crippen LogP contribution in [0.3, 0.4) is 0 Å². The predicted octanol–water partition coefficient (Wildman–Crippen LogP) is 4.18. The molecule has 0 bridgehead atoms. The van der Waals surface area contributed by atoms with Crippen molar-refractivity contribution >= 4 is 11.9 Å². The summed E-state index contributed by atoms with van der Waals surface area (Å²) in [7, 11) is 0. The number of carbonyl (C=O) groups is 2. The van der Waals surface area contributed by atoms with Crippen molar-refractivity contribution < 1.29 is 42.7 Å². The molecule has 0 aromatic heterocycles. The van der Waals surface area contributed by atoms with E-state index in [2.05, 4.69) is 5.32 Å². The van der Waals surface area contributed by atoms with E-state index in [1.165, 1.54) is 38.5 Å². The first-order chi connectivity index (χ1) is 20.8. The molecule has 0 aromatic carbocycles. The maximum atomic E-state index is 11.9. The van der Waals surface area contributed by atoms with Crippen molar-refractivity contribution in [1.82, 2.24) is 5.32 Å². The summed E-state index contributed by atoms with van der Waals surface area (Å²) in [5.74, 6) is 0.000376. The summed E-state index contributed by atoms with van der Waals surface area (Å²) >= 11 is 0. The minimum atomic E-state index is -0.389. The standard InChI is InChI=1S/C32H64N2O9/c1-32(2,3)43-31(36)15-13-11-9-7-5-4-6-8-10-12-14-30(35)34-17-19-38-21-23-40-25-27-42-29-28-41-26-24-39-22-20-37-18-16-33/h4-29,33H2,1-3H3,(H,34,35). The van der Waals surface area contributed by atoms with Crippen molar-refractivity contribution in [3.05, 3.63) is 0 Å². The zero-order valence-corrected chi connectivity index (χ0v) is 27.6. The van der Waals surface area contributed by atoms with Crippen LogP contribution >= 0.6 is 0 Å². The van der Waals surface area contributed by atoms with Gasteiger partial charge in [-0.3, -0.25) is 9.59 Å². The average molecular weight is 621 g/mol. The van der Waals surface area contributed by atoms with Crippen molar-refractivity contribution in [3.63, 3.8) is 0 Å². The van der Waals surface area contributed by atoms with Crippen molar-refractivity contribution in [1.29, 1.82) is 0 Å². The summed E-state index contributed by atoms with van der Waals surface area (Å²) in [6.07, 6.45) is 12.4. The van der Waals surface area contributed by atoms with Gasteiger partial charge in [-0.05, 0) is 33.6 Å². The Hall–Kier alpha value is -1.34. The molecule has 0 heterocycles. The molecule has 11 heteroatoms. The molecule has 0 rings (SSSR count). The maximum Gasteiger partial charge on any atom is 0.306 e. The number of hydrogen-bond acceptors (Lipinski definition) is 10. The summed E-state index contributed by atoms with van der Waals surface area (Å²) in [6.45, 7) is 13.0. The SMILES string of the molecule is CC(C)(C)OC(=O)CCCCCCCCCCCCC(=O)NCCOCCOCCOCCOCCOCCOCCN. The zero-order chi connectivity index (χ0) is 31.7. The van der Waals surface area contributed by atoms with Gasteiger partial charge in [-0.15, -0.1) is 0 Å². The monoisotopic (exact) mass is 620 g/mol. The highest BCUT2D eigenvalue weighted by Crippen LogP contribution is 2.14. The largest absolute Gasteiger partial charge is 0.460 e. The van der Waals surface area contributed by atoms with E-state index in [1.807, 2.05) is 20.8 Å². The van der Waals surface area contributed by atoms with Gasteiger partial charge >= 0.3 is 5.97 Å². The smallest absolute Gasteiger partial charge is 0.306 e. The van der Waals surface area contributed by atoms with E-state index in [1.54, 1.807) is 0 Å². The Morgan fingerprint density at radius 1 is 0.512 bits per heavy atom. The predicted molar refractivity (Wildman–Crippen MR) is 168 cm³/mol. The summed E-state index contributed by atoms with van der Waals surface area (Å²) in [4.78, 5) is 23.6. The first-order valence-corrected chi connectivity index (χ1v) is 16.5. The van der Waals surface area contributed by atoms with Gasteiger partial charge in [-0.2, -0.15) is 0 Å². The topological polar surface area (TPSA) is 137 Å². The van der Waals surface area contributed by atoms with E-state index in [0.29, 0.717) is 105 Å². The van der Waals surface area contributed by atoms with Gasteiger partial charge in [0.2, 0.25) is 5.91 Å². The van der Waals surface area contributed by atoms with E-state index in [0.717, 1.165) is 25.7 Å². The fourth-order valence-corrected chi connectivity index (χ4v) is 4.00. The highest BCUT2D eigenvalue weighted by Gasteiger charge is 2.15. The molecule has 0 radical (unpaired) electrons. The van der Waals surface area contributed by atoms with Crippen LogP contribution in [0.1, 0.15) is 97.8 Å².